The Labute approximate surface area is 250 Å². The summed E-state index contributed by atoms with van der Waals surface area (Å²) in [4.78, 5) is 30.0. The summed E-state index contributed by atoms with van der Waals surface area (Å²) in [6, 6.07) is 13.6. The van der Waals surface area contributed by atoms with Gasteiger partial charge in [-0.05, 0) is 51.7 Å². The van der Waals surface area contributed by atoms with E-state index >= 15 is 0 Å². The van der Waals surface area contributed by atoms with Crippen LogP contribution < -0.4 is 10.5 Å². The number of likely N-dealkylation sites (N-methyl/N-ethyl adjacent to an activating group) is 1. The summed E-state index contributed by atoms with van der Waals surface area (Å²) in [6.07, 6.45) is 7.34. The number of nitrogen functional groups attached to an aromatic ring is 1. The predicted octanol–water partition coefficient (Wildman–Crippen LogP) is 4.47. The number of amides is 1. The first kappa shape index (κ1) is 28.1. The number of rotatable bonds is 8. The molecule has 1 aromatic carbocycles. The lowest BCUT2D eigenvalue weighted by atomic mass is 10.00. The van der Waals surface area contributed by atoms with Crippen molar-refractivity contribution in [3.63, 3.8) is 0 Å². The van der Waals surface area contributed by atoms with E-state index in [0.29, 0.717) is 30.5 Å². The van der Waals surface area contributed by atoms with Crippen LogP contribution in [0.25, 0.3) is 33.4 Å². The molecule has 1 aliphatic heterocycles. The van der Waals surface area contributed by atoms with E-state index in [1.807, 2.05) is 115 Å². The molecule has 0 unspecified atom stereocenters. The van der Waals surface area contributed by atoms with Gasteiger partial charge in [0, 0.05) is 61.3 Å². The van der Waals surface area contributed by atoms with E-state index in [2.05, 4.69) is 15.0 Å². The van der Waals surface area contributed by atoms with E-state index in [4.69, 9.17) is 15.6 Å². The lowest BCUT2D eigenvalue weighted by Gasteiger charge is -2.39. The van der Waals surface area contributed by atoms with Crippen LogP contribution in [-0.4, -0.2) is 78.7 Å². The van der Waals surface area contributed by atoms with Gasteiger partial charge in [-0.2, -0.15) is 5.10 Å². The molecule has 11 heteroatoms. The van der Waals surface area contributed by atoms with Crippen LogP contribution in [-0.2, 0) is 11.8 Å². The number of nitrogens with zero attached hydrogens (tertiary/aromatic N) is 8. The molecule has 1 fully saturated rings. The maximum absolute atomic E-state index is 12.8. The van der Waals surface area contributed by atoms with Crippen molar-refractivity contribution in [2.24, 2.45) is 7.05 Å². The fourth-order valence-electron chi connectivity index (χ4n) is 5.38. The highest BCUT2D eigenvalue weighted by atomic mass is 16.5. The molecular weight excluding hydrogens is 542 g/mol. The minimum absolute atomic E-state index is 0.0705. The molecule has 5 heterocycles. The van der Waals surface area contributed by atoms with Crippen LogP contribution in [0, 0.1) is 6.92 Å². The van der Waals surface area contributed by atoms with Gasteiger partial charge in [-0.1, -0.05) is 24.3 Å². The summed E-state index contributed by atoms with van der Waals surface area (Å²) in [5.41, 5.74) is 12.5. The van der Waals surface area contributed by atoms with E-state index in [-0.39, 0.29) is 11.9 Å². The fourth-order valence-corrected chi connectivity index (χ4v) is 5.38. The smallest absolute Gasteiger partial charge is 0.249 e. The first-order chi connectivity index (χ1) is 20.7. The van der Waals surface area contributed by atoms with Crippen LogP contribution >= 0.6 is 0 Å². The number of nitrogens with two attached hydrogens (primary N) is 1. The highest BCUT2D eigenvalue weighted by molar-refractivity contribution is 6.07. The molecule has 1 aliphatic rings. The van der Waals surface area contributed by atoms with E-state index < -0.39 is 0 Å². The summed E-state index contributed by atoms with van der Waals surface area (Å²) in [6.45, 7) is 5.77. The zero-order chi connectivity index (χ0) is 30.2. The minimum atomic E-state index is 0.0705. The summed E-state index contributed by atoms with van der Waals surface area (Å²) in [7, 11) is 5.94. The van der Waals surface area contributed by atoms with Gasteiger partial charge in [-0.3, -0.25) is 9.48 Å². The first-order valence-corrected chi connectivity index (χ1v) is 14.2. The van der Waals surface area contributed by atoms with Crippen molar-refractivity contribution in [1.29, 1.82) is 0 Å². The Hall–Kier alpha value is -5.03. The maximum Gasteiger partial charge on any atom is 0.249 e. The Morgan fingerprint density at radius 3 is 2.60 bits per heavy atom. The molecule has 0 saturated carbocycles. The van der Waals surface area contributed by atoms with E-state index in [1.165, 1.54) is 6.33 Å². The number of carbonyl (C=O) groups excluding carboxylic acids is 1. The Bertz CT molecular complexity index is 1830. The fraction of sp³-hybridized carbons (Fsp3) is 0.281. The second kappa shape index (κ2) is 11.3. The van der Waals surface area contributed by atoms with Gasteiger partial charge in [-0.15, -0.1) is 0 Å². The number of hydrogen-bond acceptors (Lipinski definition) is 8. The number of benzene rings is 1. The number of fused-ring (bicyclic) bond motifs is 1. The Morgan fingerprint density at radius 2 is 1.88 bits per heavy atom. The van der Waals surface area contributed by atoms with Crippen molar-refractivity contribution in [2.75, 3.05) is 39.5 Å². The van der Waals surface area contributed by atoms with Crippen LogP contribution in [0.3, 0.4) is 0 Å². The number of aromatic nitrogens is 6. The quantitative estimate of drug-likeness (QED) is 0.268. The average Bonchev–Trinajstić information content (AvgIpc) is 3.54. The van der Waals surface area contributed by atoms with E-state index in [9.17, 15) is 4.79 Å². The van der Waals surface area contributed by atoms with Gasteiger partial charge in [0.15, 0.2) is 0 Å². The van der Waals surface area contributed by atoms with Crippen LogP contribution in [0.5, 0.6) is 11.6 Å². The number of carbonyl (C=O) groups is 1. The van der Waals surface area contributed by atoms with Crippen molar-refractivity contribution < 1.29 is 9.53 Å². The Morgan fingerprint density at radius 1 is 1.12 bits per heavy atom. The van der Waals surface area contributed by atoms with Crippen LogP contribution in [0.4, 0.5) is 5.82 Å². The van der Waals surface area contributed by atoms with Gasteiger partial charge >= 0.3 is 0 Å². The van der Waals surface area contributed by atoms with Gasteiger partial charge < -0.3 is 24.8 Å². The summed E-state index contributed by atoms with van der Waals surface area (Å²) >= 11 is 0. The molecule has 220 valence electrons. The number of ether oxygens (including phenoxy) is 1. The Balaban J connectivity index is 1.29. The topological polar surface area (TPSA) is 120 Å². The molecule has 0 radical (unpaired) electrons. The molecule has 0 bridgehead atoms. The maximum atomic E-state index is 12.8. The first-order valence-electron chi connectivity index (χ1n) is 14.2. The van der Waals surface area contributed by atoms with Crippen LogP contribution in [0.15, 0.2) is 72.8 Å². The highest BCUT2D eigenvalue weighted by Gasteiger charge is 2.33. The molecule has 5 aromatic rings. The second-order valence-electron chi connectivity index (χ2n) is 11.2. The molecule has 1 saturated heterocycles. The molecular formula is C32H35N9O2. The van der Waals surface area contributed by atoms with Gasteiger partial charge in [0.2, 0.25) is 11.8 Å². The standard InChI is InChI=1S/C32H35N9O2/c1-20(13-14-38(3)4)32(42)40-17-24(18-40)41-16-23(15-36-41)29-27(28-30(33)34-19-35-31(28)39(29)5)22-9-11-25(12-10-22)43-26-8-6-7-21(2)37-26/h6-13,15-16,19,24H,14,17-18H2,1-5H3,(H2,33,34,35)/b20-13+. The van der Waals surface area contributed by atoms with Gasteiger partial charge in [0.25, 0.3) is 0 Å². The van der Waals surface area contributed by atoms with Gasteiger partial charge in [-0.25, -0.2) is 15.0 Å². The molecule has 43 heavy (non-hydrogen) atoms. The van der Waals surface area contributed by atoms with Crippen LogP contribution in [0.1, 0.15) is 18.7 Å². The molecule has 4 aromatic heterocycles. The monoisotopic (exact) mass is 577 g/mol. The molecule has 0 aliphatic carbocycles. The number of hydrogen-bond donors (Lipinski definition) is 1. The van der Waals surface area contributed by atoms with E-state index in [1.54, 1.807) is 0 Å². The third-order valence-corrected chi connectivity index (χ3v) is 7.72. The summed E-state index contributed by atoms with van der Waals surface area (Å²) in [5.74, 6) is 1.70. The van der Waals surface area contributed by atoms with Crippen LogP contribution in [0.2, 0.25) is 0 Å². The van der Waals surface area contributed by atoms with Crippen molar-refractivity contribution >= 4 is 22.8 Å². The molecule has 6 rings (SSSR count). The lowest BCUT2D eigenvalue weighted by molar-refractivity contribution is -0.132. The van der Waals surface area contributed by atoms with Crippen molar-refractivity contribution in [3.8, 4) is 34.0 Å². The minimum Gasteiger partial charge on any atom is -0.439 e. The number of likely N-dealkylation sites (tertiary alicyclic amines) is 1. The number of pyridine rings is 1. The third-order valence-electron chi connectivity index (χ3n) is 7.72. The zero-order valence-corrected chi connectivity index (χ0v) is 25.0. The van der Waals surface area contributed by atoms with Crippen molar-refractivity contribution in [1.82, 2.24) is 39.1 Å². The zero-order valence-electron chi connectivity index (χ0n) is 25.0. The summed E-state index contributed by atoms with van der Waals surface area (Å²) < 4.78 is 9.95. The van der Waals surface area contributed by atoms with Crippen molar-refractivity contribution in [3.05, 3.63) is 78.5 Å². The van der Waals surface area contributed by atoms with Crippen molar-refractivity contribution in [2.45, 2.75) is 19.9 Å². The molecule has 11 nitrogen and oxygen atoms in total. The Kier molecular flexibility index (Phi) is 7.41. The predicted molar refractivity (Wildman–Crippen MR) is 167 cm³/mol. The SMILES string of the molecule is C/C(=C\CN(C)C)C(=O)N1CC(n2cc(-c3c(-c4ccc(Oc5cccc(C)n5)cc4)c4c(N)ncnc4n3C)cn2)C1. The second-order valence-corrected chi connectivity index (χ2v) is 11.2. The average molecular weight is 578 g/mol. The highest BCUT2D eigenvalue weighted by Crippen LogP contribution is 2.42. The molecule has 2 N–H and O–H groups in total. The van der Waals surface area contributed by atoms with Gasteiger partial charge in [0.1, 0.15) is 23.5 Å². The molecule has 1 amide bonds. The van der Waals surface area contributed by atoms with E-state index in [0.717, 1.165) is 51.2 Å². The lowest BCUT2D eigenvalue weighted by Crippen LogP contribution is -2.51. The summed E-state index contributed by atoms with van der Waals surface area (Å²) in [5, 5.41) is 5.48. The number of aryl methyl sites for hydroxylation is 2. The third kappa shape index (κ3) is 5.46. The number of anilines is 1. The molecule has 0 spiro atoms. The van der Waals surface area contributed by atoms with Gasteiger partial charge in [0.05, 0.1) is 23.3 Å². The normalized spacial score (nSPS) is 14.0. The largest absolute Gasteiger partial charge is 0.439 e. The molecule has 0 atom stereocenters.